The second-order valence-electron chi connectivity index (χ2n) is 4.89. The third-order valence-corrected chi connectivity index (χ3v) is 4.38. The Morgan fingerprint density at radius 2 is 2.00 bits per heavy atom. The van der Waals surface area contributed by atoms with Gasteiger partial charge in [0.2, 0.25) is 0 Å². The minimum atomic E-state index is -0.374. The molecule has 0 bridgehead atoms. The van der Waals surface area contributed by atoms with Gasteiger partial charge in [0, 0.05) is 12.1 Å². The average Bonchev–Trinajstić information content (AvgIpc) is 2.39. The largest absolute Gasteiger partial charge is 0.324 e. The summed E-state index contributed by atoms with van der Waals surface area (Å²) in [7, 11) is 0. The summed E-state index contributed by atoms with van der Waals surface area (Å²) in [6, 6.07) is 5.12. The Hall–Kier alpha value is -0.940. The van der Waals surface area contributed by atoms with E-state index in [1.807, 2.05) is 6.07 Å². The van der Waals surface area contributed by atoms with E-state index >= 15 is 0 Å². The van der Waals surface area contributed by atoms with Crippen LogP contribution in [0.15, 0.2) is 22.7 Å². The van der Waals surface area contributed by atoms with Gasteiger partial charge >= 0.3 is 0 Å². The van der Waals surface area contributed by atoms with Crippen molar-refractivity contribution in [3.63, 3.8) is 0 Å². The molecule has 1 aliphatic carbocycles. The Morgan fingerprint density at radius 1 is 1.33 bits per heavy atom. The number of nitro benzene ring substituents is 1. The summed E-state index contributed by atoms with van der Waals surface area (Å²) in [5.74, 6) is 0.458. The van der Waals surface area contributed by atoms with Crippen LogP contribution >= 0.6 is 15.9 Å². The first-order valence-electron chi connectivity index (χ1n) is 6.29. The maximum absolute atomic E-state index is 10.9. The van der Waals surface area contributed by atoms with Crippen LogP contribution in [-0.2, 0) is 0 Å². The Kier molecular flexibility index (Phi) is 4.35. The summed E-state index contributed by atoms with van der Waals surface area (Å²) < 4.78 is 0.507. The summed E-state index contributed by atoms with van der Waals surface area (Å²) in [6.07, 6.45) is 5.98. The second kappa shape index (κ2) is 5.80. The van der Waals surface area contributed by atoms with E-state index in [2.05, 4.69) is 15.9 Å². The van der Waals surface area contributed by atoms with Crippen molar-refractivity contribution >= 4 is 21.6 Å². The molecule has 0 heterocycles. The number of hydrogen-bond acceptors (Lipinski definition) is 3. The van der Waals surface area contributed by atoms with Crippen LogP contribution < -0.4 is 5.73 Å². The van der Waals surface area contributed by atoms with Gasteiger partial charge in [0.25, 0.3) is 5.69 Å². The summed E-state index contributed by atoms with van der Waals surface area (Å²) in [4.78, 5) is 10.5. The van der Waals surface area contributed by atoms with Gasteiger partial charge in [0.05, 0.1) is 9.40 Å². The lowest BCUT2D eigenvalue weighted by molar-refractivity contribution is -0.385. The van der Waals surface area contributed by atoms with Crippen LogP contribution in [0.4, 0.5) is 5.69 Å². The Bertz CT molecular complexity index is 445. The molecule has 1 aromatic carbocycles. The molecule has 0 saturated heterocycles. The van der Waals surface area contributed by atoms with Crippen LogP contribution in [0.1, 0.15) is 43.7 Å². The summed E-state index contributed by atoms with van der Waals surface area (Å²) in [5, 5.41) is 10.9. The molecule has 2 N–H and O–H groups in total. The Balaban J connectivity index is 2.21. The average molecular weight is 313 g/mol. The van der Waals surface area contributed by atoms with Crippen LogP contribution in [-0.4, -0.2) is 4.92 Å². The monoisotopic (exact) mass is 312 g/mol. The number of nitro groups is 1. The molecule has 0 aliphatic heterocycles. The molecular weight excluding hydrogens is 296 g/mol. The van der Waals surface area contributed by atoms with Gasteiger partial charge in [-0.1, -0.05) is 25.3 Å². The Morgan fingerprint density at radius 3 is 2.61 bits per heavy atom. The molecule has 98 valence electrons. The molecule has 18 heavy (non-hydrogen) atoms. The fourth-order valence-corrected chi connectivity index (χ4v) is 3.03. The molecule has 0 radical (unpaired) electrons. The van der Waals surface area contributed by atoms with Crippen LogP contribution in [0.5, 0.6) is 0 Å². The summed E-state index contributed by atoms with van der Waals surface area (Å²) >= 11 is 3.19. The van der Waals surface area contributed by atoms with Gasteiger partial charge in [-0.2, -0.15) is 0 Å². The molecule has 0 amide bonds. The highest BCUT2D eigenvalue weighted by Crippen LogP contribution is 2.35. The first-order valence-corrected chi connectivity index (χ1v) is 7.08. The minimum absolute atomic E-state index is 0.0860. The highest BCUT2D eigenvalue weighted by molar-refractivity contribution is 9.10. The maximum Gasteiger partial charge on any atom is 0.283 e. The van der Waals surface area contributed by atoms with Crippen molar-refractivity contribution < 1.29 is 4.92 Å². The highest BCUT2D eigenvalue weighted by Gasteiger charge is 2.23. The quantitative estimate of drug-likeness (QED) is 0.679. The van der Waals surface area contributed by atoms with Crippen molar-refractivity contribution in [2.75, 3.05) is 0 Å². The van der Waals surface area contributed by atoms with Gasteiger partial charge in [-0.15, -0.1) is 0 Å². The molecule has 1 aliphatic rings. The lowest BCUT2D eigenvalue weighted by Gasteiger charge is -2.27. The first kappa shape index (κ1) is 13.5. The normalized spacial score (nSPS) is 18.6. The van der Waals surface area contributed by atoms with E-state index in [9.17, 15) is 10.1 Å². The van der Waals surface area contributed by atoms with E-state index in [4.69, 9.17) is 5.73 Å². The smallest absolute Gasteiger partial charge is 0.283 e. The molecule has 1 aromatic rings. The summed E-state index contributed by atoms with van der Waals surface area (Å²) in [6.45, 7) is 0. The fraction of sp³-hybridized carbons (Fsp3) is 0.538. The lowest BCUT2D eigenvalue weighted by Crippen LogP contribution is -2.23. The fourth-order valence-electron chi connectivity index (χ4n) is 2.64. The van der Waals surface area contributed by atoms with Gasteiger partial charge in [0.1, 0.15) is 0 Å². The maximum atomic E-state index is 10.9. The topological polar surface area (TPSA) is 69.2 Å². The highest BCUT2D eigenvalue weighted by atomic mass is 79.9. The number of halogens is 1. The van der Waals surface area contributed by atoms with Gasteiger partial charge < -0.3 is 5.73 Å². The Labute approximate surface area is 115 Å². The van der Waals surface area contributed by atoms with Crippen molar-refractivity contribution in [2.45, 2.75) is 38.1 Å². The molecule has 0 spiro atoms. The molecular formula is C13H17BrN2O2. The van der Waals surface area contributed by atoms with E-state index in [-0.39, 0.29) is 16.7 Å². The molecule has 0 unspecified atom stereocenters. The van der Waals surface area contributed by atoms with Crippen molar-refractivity contribution in [3.8, 4) is 0 Å². The molecule has 1 atom stereocenters. The molecule has 2 rings (SSSR count). The van der Waals surface area contributed by atoms with Crippen molar-refractivity contribution in [1.29, 1.82) is 0 Å². The van der Waals surface area contributed by atoms with Gasteiger partial charge in [-0.3, -0.25) is 10.1 Å². The zero-order valence-corrected chi connectivity index (χ0v) is 11.7. The van der Waals surface area contributed by atoms with E-state index in [1.165, 1.54) is 19.3 Å². The number of benzene rings is 1. The van der Waals surface area contributed by atoms with Crippen LogP contribution in [0.2, 0.25) is 0 Å². The molecule has 1 fully saturated rings. The third-order valence-electron chi connectivity index (χ3n) is 3.71. The number of nitrogens with two attached hydrogens (primary N) is 1. The number of nitrogens with zero attached hydrogens (tertiary/aromatic N) is 1. The number of hydrogen-bond donors (Lipinski definition) is 1. The zero-order chi connectivity index (χ0) is 13.1. The van der Waals surface area contributed by atoms with Crippen molar-refractivity contribution in [1.82, 2.24) is 0 Å². The molecule has 5 heteroatoms. The van der Waals surface area contributed by atoms with E-state index in [1.54, 1.807) is 12.1 Å². The van der Waals surface area contributed by atoms with Crippen LogP contribution in [0, 0.1) is 16.0 Å². The van der Waals surface area contributed by atoms with Gasteiger partial charge in [-0.05, 0) is 46.3 Å². The molecule has 4 nitrogen and oxygen atoms in total. The standard InChI is InChI=1S/C13H17BrN2O2/c14-11-7-6-10(8-12(11)16(17)18)13(15)9-4-2-1-3-5-9/h6-9,13H,1-5,15H2/t13-/m1/s1. The van der Waals surface area contributed by atoms with E-state index < -0.39 is 0 Å². The van der Waals surface area contributed by atoms with E-state index in [0.717, 1.165) is 18.4 Å². The SMILES string of the molecule is N[C@@H](c1ccc(Br)c([N+](=O)[O-])c1)C1CCCCC1. The van der Waals surface area contributed by atoms with Crippen LogP contribution in [0.25, 0.3) is 0 Å². The predicted molar refractivity (Wildman–Crippen MR) is 74.3 cm³/mol. The second-order valence-corrected chi connectivity index (χ2v) is 5.75. The minimum Gasteiger partial charge on any atom is -0.324 e. The lowest BCUT2D eigenvalue weighted by atomic mass is 9.81. The van der Waals surface area contributed by atoms with Crippen molar-refractivity contribution in [3.05, 3.63) is 38.3 Å². The number of rotatable bonds is 3. The van der Waals surface area contributed by atoms with E-state index in [0.29, 0.717) is 10.4 Å². The zero-order valence-electron chi connectivity index (χ0n) is 10.1. The molecule has 0 aromatic heterocycles. The van der Waals surface area contributed by atoms with Gasteiger partial charge in [0.15, 0.2) is 0 Å². The third kappa shape index (κ3) is 2.90. The summed E-state index contributed by atoms with van der Waals surface area (Å²) in [5.41, 5.74) is 7.22. The van der Waals surface area contributed by atoms with Crippen molar-refractivity contribution in [2.24, 2.45) is 11.7 Å². The first-order chi connectivity index (χ1) is 8.59. The predicted octanol–water partition coefficient (Wildman–Crippen LogP) is 3.94. The van der Waals surface area contributed by atoms with Crippen LogP contribution in [0.3, 0.4) is 0 Å². The molecule has 1 saturated carbocycles. The van der Waals surface area contributed by atoms with Gasteiger partial charge in [-0.25, -0.2) is 0 Å².